The number of carboxylic acid groups (broad SMARTS) is 1. The molecule has 0 spiro atoms. The SMILES string of the molecule is CC(N)C(=O)NCC(=O)NC(CS)C(=O)NC(Cc1ccccc1)C(=O)O. The second-order valence-electron chi connectivity index (χ2n) is 5.90. The van der Waals surface area contributed by atoms with Gasteiger partial charge in [-0.15, -0.1) is 0 Å². The summed E-state index contributed by atoms with van der Waals surface area (Å²) in [7, 11) is 0. The summed E-state index contributed by atoms with van der Waals surface area (Å²) in [6, 6.07) is 5.86. The maximum absolute atomic E-state index is 12.3. The fraction of sp³-hybridized carbons (Fsp3) is 0.412. The van der Waals surface area contributed by atoms with Gasteiger partial charge in [0.05, 0.1) is 12.6 Å². The fourth-order valence-electron chi connectivity index (χ4n) is 2.09. The van der Waals surface area contributed by atoms with Crippen LogP contribution in [0.25, 0.3) is 0 Å². The number of nitrogens with two attached hydrogens (primary N) is 1. The van der Waals surface area contributed by atoms with Gasteiger partial charge in [-0.2, -0.15) is 12.6 Å². The van der Waals surface area contributed by atoms with Gasteiger partial charge in [0, 0.05) is 12.2 Å². The zero-order valence-corrected chi connectivity index (χ0v) is 15.7. The summed E-state index contributed by atoms with van der Waals surface area (Å²) in [4.78, 5) is 47.0. The Labute approximate surface area is 162 Å². The minimum Gasteiger partial charge on any atom is -0.480 e. The Bertz CT molecular complexity index is 669. The van der Waals surface area contributed by atoms with Crippen molar-refractivity contribution >= 4 is 36.3 Å². The van der Waals surface area contributed by atoms with Gasteiger partial charge in [-0.25, -0.2) is 4.79 Å². The summed E-state index contributed by atoms with van der Waals surface area (Å²) < 4.78 is 0. The first kappa shape index (κ1) is 22.5. The summed E-state index contributed by atoms with van der Waals surface area (Å²) >= 11 is 4.01. The van der Waals surface area contributed by atoms with Gasteiger partial charge in [-0.05, 0) is 12.5 Å². The van der Waals surface area contributed by atoms with Crippen LogP contribution in [0.15, 0.2) is 30.3 Å². The molecule has 9 nitrogen and oxygen atoms in total. The van der Waals surface area contributed by atoms with Gasteiger partial charge in [0.2, 0.25) is 17.7 Å². The van der Waals surface area contributed by atoms with E-state index in [2.05, 4.69) is 28.6 Å². The molecule has 10 heteroatoms. The minimum absolute atomic E-state index is 0.0452. The molecule has 0 aliphatic carbocycles. The highest BCUT2D eigenvalue weighted by Gasteiger charge is 2.26. The van der Waals surface area contributed by atoms with Crippen molar-refractivity contribution in [1.82, 2.24) is 16.0 Å². The molecule has 0 aromatic heterocycles. The first-order valence-corrected chi connectivity index (χ1v) is 8.88. The Morgan fingerprint density at radius 3 is 2.22 bits per heavy atom. The standard InChI is InChI=1S/C17H24N4O5S/c1-10(18)15(23)19-8-14(22)20-13(9-27)16(24)21-12(17(25)26)7-11-5-3-2-4-6-11/h2-6,10,12-13,27H,7-9,18H2,1H3,(H,19,23)(H,20,22)(H,21,24)(H,25,26). The quantitative estimate of drug-likeness (QED) is 0.270. The lowest BCUT2D eigenvalue weighted by atomic mass is 10.1. The summed E-state index contributed by atoms with van der Waals surface area (Å²) in [5.74, 6) is -3.05. The molecule has 27 heavy (non-hydrogen) atoms. The van der Waals surface area contributed by atoms with Gasteiger partial charge < -0.3 is 26.8 Å². The highest BCUT2D eigenvalue weighted by molar-refractivity contribution is 7.80. The first-order valence-electron chi connectivity index (χ1n) is 8.25. The Morgan fingerprint density at radius 2 is 1.70 bits per heavy atom. The van der Waals surface area contributed by atoms with Gasteiger partial charge in [0.15, 0.2) is 0 Å². The molecule has 0 heterocycles. The van der Waals surface area contributed by atoms with Gasteiger partial charge in [0.25, 0.3) is 0 Å². The molecule has 3 unspecified atom stereocenters. The van der Waals surface area contributed by atoms with Crippen LogP contribution in [0.2, 0.25) is 0 Å². The molecule has 6 N–H and O–H groups in total. The maximum atomic E-state index is 12.3. The van der Waals surface area contributed by atoms with E-state index in [9.17, 15) is 24.3 Å². The molecule has 0 saturated heterocycles. The van der Waals surface area contributed by atoms with E-state index in [0.717, 1.165) is 5.56 Å². The van der Waals surface area contributed by atoms with Crippen molar-refractivity contribution < 1.29 is 24.3 Å². The zero-order chi connectivity index (χ0) is 20.4. The van der Waals surface area contributed by atoms with E-state index in [1.54, 1.807) is 30.3 Å². The predicted molar refractivity (Wildman–Crippen MR) is 102 cm³/mol. The fourth-order valence-corrected chi connectivity index (χ4v) is 2.35. The molecule has 0 radical (unpaired) electrons. The Balaban J connectivity index is 2.62. The topological polar surface area (TPSA) is 151 Å². The van der Waals surface area contributed by atoms with Crippen LogP contribution in [-0.2, 0) is 25.6 Å². The summed E-state index contributed by atoms with van der Waals surface area (Å²) in [5.41, 5.74) is 6.11. The molecule has 0 aliphatic heterocycles. The number of rotatable bonds is 10. The van der Waals surface area contributed by atoms with Gasteiger partial charge >= 0.3 is 5.97 Å². The molecule has 1 aromatic rings. The third kappa shape index (κ3) is 8.09. The average molecular weight is 396 g/mol. The second-order valence-corrected chi connectivity index (χ2v) is 6.26. The minimum atomic E-state index is -1.19. The van der Waals surface area contributed by atoms with E-state index in [-0.39, 0.29) is 18.7 Å². The lowest BCUT2D eigenvalue weighted by Gasteiger charge is -2.20. The lowest BCUT2D eigenvalue weighted by molar-refractivity contribution is -0.142. The Kier molecular flexibility index (Phi) is 9.31. The van der Waals surface area contributed by atoms with Gasteiger partial charge in [-0.3, -0.25) is 14.4 Å². The zero-order valence-electron chi connectivity index (χ0n) is 14.8. The average Bonchev–Trinajstić information content (AvgIpc) is 2.63. The van der Waals surface area contributed by atoms with Gasteiger partial charge in [0.1, 0.15) is 12.1 Å². The molecule has 0 bridgehead atoms. The van der Waals surface area contributed by atoms with Gasteiger partial charge in [-0.1, -0.05) is 30.3 Å². The predicted octanol–water partition coefficient (Wildman–Crippen LogP) is -1.32. The lowest BCUT2D eigenvalue weighted by Crippen LogP contribution is -2.54. The number of carboxylic acids is 1. The number of thiol groups is 1. The normalized spacial score (nSPS) is 13.7. The van der Waals surface area contributed by atoms with Crippen molar-refractivity contribution in [3.05, 3.63) is 35.9 Å². The number of carbonyl (C=O) groups is 4. The summed E-state index contributed by atoms with van der Waals surface area (Å²) in [6.07, 6.45) is 0.0968. The van der Waals surface area contributed by atoms with E-state index in [0.29, 0.717) is 0 Å². The van der Waals surface area contributed by atoms with E-state index >= 15 is 0 Å². The number of aliphatic carboxylic acids is 1. The van der Waals surface area contributed by atoms with E-state index < -0.39 is 41.8 Å². The molecule has 148 valence electrons. The number of benzene rings is 1. The summed E-state index contributed by atoms with van der Waals surface area (Å²) in [5, 5.41) is 16.4. The van der Waals surface area contributed by atoms with Crippen LogP contribution in [-0.4, -0.2) is 59.2 Å². The van der Waals surface area contributed by atoms with Crippen molar-refractivity contribution in [1.29, 1.82) is 0 Å². The summed E-state index contributed by atoms with van der Waals surface area (Å²) in [6.45, 7) is 1.11. The molecule has 3 atom stereocenters. The number of hydrogen-bond acceptors (Lipinski definition) is 6. The highest BCUT2D eigenvalue weighted by Crippen LogP contribution is 2.04. The largest absolute Gasteiger partial charge is 0.480 e. The van der Waals surface area contributed by atoms with Crippen LogP contribution in [0, 0.1) is 0 Å². The molecule has 1 aromatic carbocycles. The van der Waals surface area contributed by atoms with Crippen LogP contribution in [0.3, 0.4) is 0 Å². The third-order valence-electron chi connectivity index (χ3n) is 3.57. The molecule has 3 amide bonds. The van der Waals surface area contributed by atoms with E-state index in [4.69, 9.17) is 5.73 Å². The smallest absolute Gasteiger partial charge is 0.326 e. The molecule has 1 rings (SSSR count). The molecule has 0 aliphatic rings. The first-order chi connectivity index (χ1) is 12.7. The molecular weight excluding hydrogens is 372 g/mol. The highest BCUT2D eigenvalue weighted by atomic mass is 32.1. The molecular formula is C17H24N4O5S. The maximum Gasteiger partial charge on any atom is 0.326 e. The van der Waals surface area contributed by atoms with Crippen molar-refractivity contribution in [3.63, 3.8) is 0 Å². The molecule has 0 saturated carbocycles. The van der Waals surface area contributed by atoms with Crippen LogP contribution in [0.5, 0.6) is 0 Å². The second kappa shape index (κ2) is 11.2. The monoisotopic (exact) mass is 396 g/mol. The number of carbonyl (C=O) groups excluding carboxylic acids is 3. The molecule has 0 fully saturated rings. The van der Waals surface area contributed by atoms with E-state index in [1.807, 2.05) is 0 Å². The number of amides is 3. The van der Waals surface area contributed by atoms with Crippen LogP contribution >= 0.6 is 12.6 Å². The number of hydrogen-bond donors (Lipinski definition) is 6. The van der Waals surface area contributed by atoms with Crippen LogP contribution in [0.4, 0.5) is 0 Å². The third-order valence-corrected chi connectivity index (χ3v) is 3.93. The van der Waals surface area contributed by atoms with Crippen LogP contribution < -0.4 is 21.7 Å². The van der Waals surface area contributed by atoms with Crippen molar-refractivity contribution in [3.8, 4) is 0 Å². The Morgan fingerprint density at radius 1 is 1.07 bits per heavy atom. The Hall–Kier alpha value is -2.59. The number of nitrogens with one attached hydrogen (secondary N) is 3. The van der Waals surface area contributed by atoms with Crippen molar-refractivity contribution in [2.45, 2.75) is 31.5 Å². The van der Waals surface area contributed by atoms with Crippen LogP contribution in [0.1, 0.15) is 12.5 Å². The van der Waals surface area contributed by atoms with E-state index in [1.165, 1.54) is 6.92 Å². The van der Waals surface area contributed by atoms with Crippen molar-refractivity contribution in [2.75, 3.05) is 12.3 Å². The van der Waals surface area contributed by atoms with Crippen molar-refractivity contribution in [2.24, 2.45) is 5.73 Å².